The Morgan fingerprint density at radius 2 is 2.00 bits per heavy atom. The second kappa shape index (κ2) is 8.26. The lowest BCUT2D eigenvalue weighted by Crippen LogP contribution is -2.58. The normalized spacial score (nSPS) is 18.0. The van der Waals surface area contributed by atoms with Gasteiger partial charge in [0.15, 0.2) is 5.75 Å². The van der Waals surface area contributed by atoms with Crippen molar-refractivity contribution in [2.24, 2.45) is 4.99 Å². The molecule has 0 aliphatic carbocycles. The van der Waals surface area contributed by atoms with Crippen LogP contribution in [-0.4, -0.2) is 60.5 Å². The maximum atomic E-state index is 12.5. The lowest BCUT2D eigenvalue weighted by atomic mass is 10.1. The first kappa shape index (κ1) is 20.1. The Hall–Kier alpha value is -3.22. The molecule has 7 heteroatoms. The summed E-state index contributed by atoms with van der Waals surface area (Å²) in [5, 5.41) is 2.99. The number of ether oxygens (including phenoxy) is 2. The van der Waals surface area contributed by atoms with E-state index in [1.54, 1.807) is 7.11 Å². The van der Waals surface area contributed by atoms with E-state index in [0.717, 1.165) is 34.3 Å². The fraction of sp³-hybridized carbons (Fsp3) is 0.391. The van der Waals surface area contributed by atoms with Crippen molar-refractivity contribution in [2.75, 3.05) is 26.7 Å². The summed E-state index contributed by atoms with van der Waals surface area (Å²) in [6, 6.07) is 13.7. The molecule has 0 bridgehead atoms. The van der Waals surface area contributed by atoms with Crippen molar-refractivity contribution in [1.82, 2.24) is 15.1 Å². The van der Waals surface area contributed by atoms with Crippen molar-refractivity contribution in [3.8, 4) is 17.2 Å². The molecule has 0 radical (unpaired) electrons. The van der Waals surface area contributed by atoms with Gasteiger partial charge in [0.25, 0.3) is 0 Å². The molecule has 0 saturated carbocycles. The molecule has 1 N–H and O–H groups in total. The van der Waals surface area contributed by atoms with Crippen molar-refractivity contribution in [3.63, 3.8) is 0 Å². The van der Waals surface area contributed by atoms with Gasteiger partial charge in [0.2, 0.25) is 0 Å². The molecule has 2 aromatic carbocycles. The first-order valence-corrected chi connectivity index (χ1v) is 10.3. The highest BCUT2D eigenvalue weighted by atomic mass is 16.5. The average molecular weight is 409 g/mol. The van der Waals surface area contributed by atoms with Gasteiger partial charge in [-0.3, -0.25) is 0 Å². The van der Waals surface area contributed by atoms with Crippen molar-refractivity contribution >= 4 is 17.6 Å². The monoisotopic (exact) mass is 408 g/mol. The number of aliphatic imine (C=N–C) groups is 1. The number of carbonyl (C=O) groups is 1. The summed E-state index contributed by atoms with van der Waals surface area (Å²) < 4.78 is 11.6. The Morgan fingerprint density at radius 1 is 1.20 bits per heavy atom. The minimum absolute atomic E-state index is 0.0179. The number of amides is 2. The van der Waals surface area contributed by atoms with Gasteiger partial charge in [-0.25, -0.2) is 9.79 Å². The summed E-state index contributed by atoms with van der Waals surface area (Å²) in [5.41, 5.74) is 1.67. The second-order valence-corrected chi connectivity index (χ2v) is 7.96. The predicted molar refractivity (Wildman–Crippen MR) is 117 cm³/mol. The Labute approximate surface area is 177 Å². The van der Waals surface area contributed by atoms with Crippen LogP contribution in [0, 0.1) is 0 Å². The Morgan fingerprint density at radius 3 is 2.73 bits per heavy atom. The van der Waals surface area contributed by atoms with Gasteiger partial charge in [0.05, 0.1) is 12.7 Å². The number of para-hydroxylation sites is 2. The molecular formula is C23H28N4O3. The molecule has 2 aliphatic heterocycles. The van der Waals surface area contributed by atoms with E-state index in [0.29, 0.717) is 19.6 Å². The minimum Gasteiger partial charge on any atom is -0.497 e. The van der Waals surface area contributed by atoms with Gasteiger partial charge >= 0.3 is 6.03 Å². The zero-order valence-corrected chi connectivity index (χ0v) is 17.9. The van der Waals surface area contributed by atoms with E-state index in [2.05, 4.69) is 17.1 Å². The molecule has 158 valence electrons. The SMILES string of the molecule is COc1ccc2c(c1)C(N1CCN(C(=O)NC(C)C)C(C)C1)=Nc1ccccc1O2. The Kier molecular flexibility index (Phi) is 5.53. The summed E-state index contributed by atoms with van der Waals surface area (Å²) in [6.45, 7) is 8.01. The molecule has 0 spiro atoms. The number of benzene rings is 2. The second-order valence-electron chi connectivity index (χ2n) is 7.96. The molecule has 30 heavy (non-hydrogen) atoms. The van der Waals surface area contributed by atoms with Crippen LogP contribution in [0.3, 0.4) is 0 Å². The number of rotatable bonds is 2. The van der Waals surface area contributed by atoms with Crippen LogP contribution in [0.4, 0.5) is 10.5 Å². The first-order valence-electron chi connectivity index (χ1n) is 10.3. The molecule has 7 nitrogen and oxygen atoms in total. The fourth-order valence-corrected chi connectivity index (χ4v) is 3.85. The van der Waals surface area contributed by atoms with Gasteiger partial charge in [-0.2, -0.15) is 0 Å². The number of methoxy groups -OCH3 is 1. The standard InChI is InChI=1S/C23H28N4O3/c1-15(2)24-23(28)27-12-11-26(14-16(27)3)22-18-13-17(29-4)9-10-20(18)30-21-8-6-5-7-19(21)25-22/h5-10,13,15-16H,11-12,14H2,1-4H3,(H,24,28). The third-order valence-corrected chi connectivity index (χ3v) is 5.34. The van der Waals surface area contributed by atoms with E-state index in [9.17, 15) is 4.79 Å². The highest BCUT2D eigenvalue weighted by Gasteiger charge is 2.31. The van der Waals surface area contributed by atoms with E-state index in [1.165, 1.54) is 0 Å². The van der Waals surface area contributed by atoms with Gasteiger partial charge in [-0.15, -0.1) is 0 Å². The largest absolute Gasteiger partial charge is 0.497 e. The lowest BCUT2D eigenvalue weighted by Gasteiger charge is -2.41. The van der Waals surface area contributed by atoms with Crippen LogP contribution in [0.5, 0.6) is 17.2 Å². The van der Waals surface area contributed by atoms with Crippen LogP contribution in [0.15, 0.2) is 47.5 Å². The summed E-state index contributed by atoms with van der Waals surface area (Å²) in [5.74, 6) is 3.05. The van der Waals surface area contributed by atoms with Crippen LogP contribution in [0.2, 0.25) is 0 Å². The minimum atomic E-state index is -0.0179. The predicted octanol–water partition coefficient (Wildman–Crippen LogP) is 4.00. The van der Waals surface area contributed by atoms with Crippen LogP contribution in [0.25, 0.3) is 0 Å². The van der Waals surface area contributed by atoms with Crippen molar-refractivity contribution in [1.29, 1.82) is 0 Å². The fourth-order valence-electron chi connectivity index (χ4n) is 3.85. The maximum Gasteiger partial charge on any atom is 0.317 e. The van der Waals surface area contributed by atoms with Gasteiger partial charge < -0.3 is 24.6 Å². The number of carbonyl (C=O) groups excluding carboxylic acids is 1. The number of nitrogens with zero attached hydrogens (tertiary/aromatic N) is 3. The smallest absolute Gasteiger partial charge is 0.317 e. The third kappa shape index (κ3) is 3.92. The van der Waals surface area contributed by atoms with Crippen molar-refractivity contribution in [3.05, 3.63) is 48.0 Å². The molecule has 2 heterocycles. The van der Waals surface area contributed by atoms with Crippen molar-refractivity contribution < 1.29 is 14.3 Å². The number of piperazine rings is 1. The number of amidine groups is 1. The van der Waals surface area contributed by atoms with E-state index >= 15 is 0 Å². The maximum absolute atomic E-state index is 12.5. The highest BCUT2D eigenvalue weighted by Crippen LogP contribution is 2.39. The molecule has 2 aromatic rings. The summed E-state index contributed by atoms with van der Waals surface area (Å²) in [4.78, 5) is 21.6. The quantitative estimate of drug-likeness (QED) is 0.816. The Bertz CT molecular complexity index is 973. The summed E-state index contributed by atoms with van der Waals surface area (Å²) >= 11 is 0. The zero-order chi connectivity index (χ0) is 21.3. The highest BCUT2D eigenvalue weighted by molar-refractivity contribution is 6.04. The van der Waals surface area contributed by atoms with Crippen LogP contribution >= 0.6 is 0 Å². The molecule has 1 saturated heterocycles. The van der Waals surface area contributed by atoms with E-state index < -0.39 is 0 Å². The van der Waals surface area contributed by atoms with E-state index in [4.69, 9.17) is 14.5 Å². The first-order chi connectivity index (χ1) is 14.5. The number of nitrogens with one attached hydrogen (secondary N) is 1. The van der Waals surface area contributed by atoms with Gasteiger partial charge in [-0.05, 0) is 51.1 Å². The van der Waals surface area contributed by atoms with Crippen molar-refractivity contribution in [2.45, 2.75) is 32.9 Å². The summed E-state index contributed by atoms with van der Waals surface area (Å²) in [7, 11) is 1.65. The lowest BCUT2D eigenvalue weighted by molar-refractivity contribution is 0.133. The molecule has 2 amide bonds. The number of fused-ring (bicyclic) bond motifs is 2. The Balaban J connectivity index is 1.67. The van der Waals surface area contributed by atoms with Crippen LogP contribution < -0.4 is 14.8 Å². The van der Waals surface area contributed by atoms with Gasteiger partial charge in [0, 0.05) is 31.7 Å². The van der Waals surface area contributed by atoms with Gasteiger partial charge in [-0.1, -0.05) is 12.1 Å². The molecule has 1 unspecified atom stereocenters. The third-order valence-electron chi connectivity index (χ3n) is 5.34. The number of hydrogen-bond donors (Lipinski definition) is 1. The molecule has 4 rings (SSSR count). The average Bonchev–Trinajstić information content (AvgIpc) is 2.89. The topological polar surface area (TPSA) is 66.4 Å². The molecule has 1 atom stereocenters. The molecule has 1 fully saturated rings. The molecular weight excluding hydrogens is 380 g/mol. The van der Waals surface area contributed by atoms with E-state index in [1.807, 2.05) is 61.2 Å². The van der Waals surface area contributed by atoms with Crippen LogP contribution in [0.1, 0.15) is 26.3 Å². The molecule has 2 aliphatic rings. The number of urea groups is 1. The summed E-state index contributed by atoms with van der Waals surface area (Å²) in [6.07, 6.45) is 0. The van der Waals surface area contributed by atoms with Gasteiger partial charge in [0.1, 0.15) is 23.0 Å². The van der Waals surface area contributed by atoms with E-state index in [-0.39, 0.29) is 18.1 Å². The molecule has 0 aromatic heterocycles. The number of hydrogen-bond acceptors (Lipinski definition) is 5. The zero-order valence-electron chi connectivity index (χ0n) is 17.9. The van der Waals surface area contributed by atoms with Crippen LogP contribution in [-0.2, 0) is 0 Å².